The van der Waals surface area contributed by atoms with Gasteiger partial charge in [0.2, 0.25) is 0 Å². The van der Waals surface area contributed by atoms with Gasteiger partial charge in [0.15, 0.2) is 0 Å². The zero-order chi connectivity index (χ0) is 20.3. The summed E-state index contributed by atoms with van der Waals surface area (Å²) < 4.78 is 9.76. The van der Waals surface area contributed by atoms with Gasteiger partial charge in [0, 0.05) is 13.5 Å². The summed E-state index contributed by atoms with van der Waals surface area (Å²) >= 11 is 0. The van der Waals surface area contributed by atoms with Gasteiger partial charge < -0.3 is 19.9 Å². The number of aliphatic hydroxyl groups is 1. The molecule has 0 spiro atoms. The highest BCUT2D eigenvalue weighted by molar-refractivity contribution is 5.67. The molecule has 0 heterocycles. The highest BCUT2D eigenvalue weighted by Crippen LogP contribution is 1.96. The Morgan fingerprint density at radius 1 is 0.920 bits per heavy atom. The molecule has 6 heteroatoms. The highest BCUT2D eigenvalue weighted by Gasteiger charge is 2.05. The number of alkyl carbamates (subject to hydrolysis) is 1. The maximum atomic E-state index is 11.0. The van der Waals surface area contributed by atoms with E-state index in [0.717, 1.165) is 32.1 Å². The van der Waals surface area contributed by atoms with Gasteiger partial charge >= 0.3 is 12.1 Å². The summed E-state index contributed by atoms with van der Waals surface area (Å²) in [4.78, 5) is 21.1. The van der Waals surface area contributed by atoms with E-state index in [-0.39, 0.29) is 30.4 Å². The molecule has 0 fully saturated rings. The number of unbranched alkanes of at least 4 members (excludes halogenated alkanes) is 1. The fraction of sp³-hybridized carbons (Fsp3) is 0.895. The number of esters is 1. The monoisotopic (exact) mass is 363 g/mol. The molecule has 0 aliphatic heterocycles. The van der Waals surface area contributed by atoms with Gasteiger partial charge in [0.25, 0.3) is 0 Å². The Labute approximate surface area is 154 Å². The van der Waals surface area contributed by atoms with Gasteiger partial charge in [0.1, 0.15) is 6.10 Å². The second-order valence-electron chi connectivity index (χ2n) is 5.99. The maximum absolute atomic E-state index is 11.0. The lowest BCUT2D eigenvalue weighted by Gasteiger charge is -2.11. The van der Waals surface area contributed by atoms with E-state index in [0.29, 0.717) is 6.54 Å². The molecular formula is C19H41NO5. The Morgan fingerprint density at radius 2 is 1.36 bits per heavy atom. The van der Waals surface area contributed by atoms with Crippen molar-refractivity contribution in [3.05, 3.63) is 0 Å². The van der Waals surface area contributed by atoms with Crippen molar-refractivity contribution in [2.24, 2.45) is 0 Å². The standard InChI is InChI=1S/C9H19NO2.C6H12O2.C4H10O/c1-4-6-7-10-9(11)12-8(3)5-2;1-4-5(2)8-6(3)7;1-3-4(2)5/h8H,4-7H2,1-3H3,(H,10,11);5H,4H2,1-3H3;4-5H,3H2,1-2H3. The third-order valence-electron chi connectivity index (χ3n) is 3.22. The predicted molar refractivity (Wildman–Crippen MR) is 103 cm³/mol. The van der Waals surface area contributed by atoms with Crippen molar-refractivity contribution >= 4 is 12.1 Å². The first kappa shape index (κ1) is 28.5. The van der Waals surface area contributed by atoms with Crippen molar-refractivity contribution in [3.8, 4) is 0 Å². The molecule has 25 heavy (non-hydrogen) atoms. The summed E-state index contributed by atoms with van der Waals surface area (Å²) in [6, 6.07) is 0. The van der Waals surface area contributed by atoms with Crippen molar-refractivity contribution in [1.29, 1.82) is 0 Å². The topological polar surface area (TPSA) is 84.9 Å². The SMILES string of the molecule is CCC(C)O.CCC(C)OC(C)=O.CCCCNC(=O)OC(C)CC. The summed E-state index contributed by atoms with van der Waals surface area (Å²) in [7, 11) is 0. The maximum Gasteiger partial charge on any atom is 0.407 e. The third kappa shape index (κ3) is 31.0. The van der Waals surface area contributed by atoms with Crippen LogP contribution in [0.15, 0.2) is 0 Å². The lowest BCUT2D eigenvalue weighted by molar-refractivity contribution is -0.145. The number of hydrogen-bond donors (Lipinski definition) is 2. The van der Waals surface area contributed by atoms with Gasteiger partial charge in [-0.05, 0) is 46.5 Å². The first-order valence-corrected chi connectivity index (χ1v) is 9.43. The molecule has 0 saturated heterocycles. The number of hydrogen-bond acceptors (Lipinski definition) is 5. The molecule has 0 aromatic carbocycles. The number of ether oxygens (including phenoxy) is 2. The number of rotatable bonds is 8. The molecule has 0 aliphatic carbocycles. The molecule has 2 N–H and O–H groups in total. The average Bonchev–Trinajstić information content (AvgIpc) is 2.55. The van der Waals surface area contributed by atoms with Crippen LogP contribution in [0, 0.1) is 0 Å². The first-order chi connectivity index (χ1) is 11.6. The van der Waals surface area contributed by atoms with Crippen LogP contribution in [0.25, 0.3) is 0 Å². The van der Waals surface area contributed by atoms with Crippen molar-refractivity contribution < 1.29 is 24.2 Å². The van der Waals surface area contributed by atoms with E-state index in [2.05, 4.69) is 12.2 Å². The number of aliphatic hydroxyl groups excluding tert-OH is 1. The molecule has 0 bridgehead atoms. The molecule has 152 valence electrons. The van der Waals surface area contributed by atoms with E-state index in [1.54, 1.807) is 6.92 Å². The molecule has 0 rings (SSSR count). The van der Waals surface area contributed by atoms with Gasteiger partial charge in [-0.3, -0.25) is 4.79 Å². The van der Waals surface area contributed by atoms with Crippen LogP contribution in [0.2, 0.25) is 0 Å². The van der Waals surface area contributed by atoms with Crippen molar-refractivity contribution in [2.45, 2.75) is 106 Å². The Hall–Kier alpha value is -1.30. The largest absolute Gasteiger partial charge is 0.463 e. The smallest absolute Gasteiger partial charge is 0.407 e. The van der Waals surface area contributed by atoms with Crippen LogP contribution in [0.1, 0.15) is 87.5 Å². The van der Waals surface area contributed by atoms with Crippen molar-refractivity contribution in [3.63, 3.8) is 0 Å². The van der Waals surface area contributed by atoms with E-state index in [1.165, 1.54) is 6.92 Å². The molecule has 0 aliphatic rings. The quantitative estimate of drug-likeness (QED) is 0.492. The van der Waals surface area contributed by atoms with Crippen LogP contribution >= 0.6 is 0 Å². The van der Waals surface area contributed by atoms with Gasteiger partial charge in [-0.15, -0.1) is 0 Å². The van der Waals surface area contributed by atoms with Crippen LogP contribution in [-0.2, 0) is 14.3 Å². The Bertz CT molecular complexity index is 308. The summed E-state index contributed by atoms with van der Waals surface area (Å²) in [5, 5.41) is 11.0. The molecule has 6 nitrogen and oxygen atoms in total. The van der Waals surface area contributed by atoms with E-state index < -0.39 is 0 Å². The van der Waals surface area contributed by atoms with Crippen LogP contribution < -0.4 is 5.32 Å². The highest BCUT2D eigenvalue weighted by atomic mass is 16.6. The molecule has 1 amide bonds. The number of nitrogens with one attached hydrogen (secondary N) is 1. The minimum atomic E-state index is -0.294. The van der Waals surface area contributed by atoms with E-state index in [4.69, 9.17) is 14.6 Å². The summed E-state index contributed by atoms with van der Waals surface area (Å²) in [6.45, 7) is 15.7. The lowest BCUT2D eigenvalue weighted by atomic mass is 10.3. The molecule has 0 aromatic heterocycles. The minimum Gasteiger partial charge on any atom is -0.463 e. The molecule has 0 aromatic rings. The predicted octanol–water partition coefficient (Wildman–Crippen LogP) is 4.44. The lowest BCUT2D eigenvalue weighted by Crippen LogP contribution is -2.28. The zero-order valence-corrected chi connectivity index (χ0v) is 17.6. The summed E-state index contributed by atoms with van der Waals surface area (Å²) in [5.74, 6) is -0.195. The van der Waals surface area contributed by atoms with Crippen LogP contribution in [0.4, 0.5) is 4.79 Å². The van der Waals surface area contributed by atoms with Gasteiger partial charge in [-0.25, -0.2) is 4.79 Å². The van der Waals surface area contributed by atoms with Crippen molar-refractivity contribution in [2.75, 3.05) is 6.54 Å². The van der Waals surface area contributed by atoms with Crippen LogP contribution in [0.5, 0.6) is 0 Å². The Balaban J connectivity index is -0.000000321. The normalized spacial score (nSPS) is 13.0. The van der Waals surface area contributed by atoms with Crippen LogP contribution in [0.3, 0.4) is 0 Å². The number of carbonyl (C=O) groups excluding carboxylic acids is 2. The van der Waals surface area contributed by atoms with Gasteiger partial charge in [-0.2, -0.15) is 0 Å². The molecular weight excluding hydrogens is 322 g/mol. The second-order valence-corrected chi connectivity index (χ2v) is 5.99. The van der Waals surface area contributed by atoms with Crippen molar-refractivity contribution in [1.82, 2.24) is 5.32 Å². The average molecular weight is 364 g/mol. The minimum absolute atomic E-state index is 0.0200. The fourth-order valence-corrected chi connectivity index (χ4v) is 1.04. The van der Waals surface area contributed by atoms with E-state index in [9.17, 15) is 9.59 Å². The van der Waals surface area contributed by atoms with E-state index in [1.807, 2.05) is 34.6 Å². The molecule has 3 atom stereocenters. The molecule has 3 unspecified atom stereocenters. The Morgan fingerprint density at radius 3 is 1.64 bits per heavy atom. The summed E-state index contributed by atoms with van der Waals surface area (Å²) in [5.41, 5.74) is 0. The van der Waals surface area contributed by atoms with E-state index >= 15 is 0 Å². The number of amides is 1. The van der Waals surface area contributed by atoms with Crippen LogP contribution in [-0.4, -0.2) is 42.0 Å². The molecule has 0 radical (unpaired) electrons. The molecule has 0 saturated carbocycles. The summed E-state index contributed by atoms with van der Waals surface area (Å²) in [6.07, 6.45) is 4.40. The van der Waals surface area contributed by atoms with Gasteiger partial charge in [-0.1, -0.05) is 34.1 Å². The Kier molecular flexibility index (Phi) is 23.6. The second kappa shape index (κ2) is 20.7. The first-order valence-electron chi connectivity index (χ1n) is 9.43. The fourth-order valence-electron chi connectivity index (χ4n) is 1.04. The third-order valence-corrected chi connectivity index (χ3v) is 3.22. The van der Waals surface area contributed by atoms with Gasteiger partial charge in [0.05, 0.1) is 12.2 Å². The number of carbonyl (C=O) groups is 2. The zero-order valence-electron chi connectivity index (χ0n) is 17.6.